The number of aromatic hydroxyl groups is 2. The second-order valence-corrected chi connectivity index (χ2v) is 4.77. The first kappa shape index (κ1) is 11.9. The van der Waals surface area contributed by atoms with Gasteiger partial charge < -0.3 is 10.2 Å². The van der Waals surface area contributed by atoms with Crippen molar-refractivity contribution in [3.63, 3.8) is 0 Å². The van der Waals surface area contributed by atoms with Gasteiger partial charge in [0, 0.05) is 4.90 Å². The molecule has 0 unspecified atom stereocenters. The van der Waals surface area contributed by atoms with Crippen LogP contribution < -0.4 is 0 Å². The lowest BCUT2D eigenvalue weighted by Gasteiger charge is -2.10. The Balaban J connectivity index is 2.38. The normalized spacial score (nSPS) is 10.4. The summed E-state index contributed by atoms with van der Waals surface area (Å²) in [4.78, 5) is 1.52. The highest BCUT2D eigenvalue weighted by Crippen LogP contribution is 2.42. The highest BCUT2D eigenvalue weighted by molar-refractivity contribution is 7.99. The molecule has 0 fully saturated rings. The molecule has 0 aliphatic carbocycles. The lowest BCUT2D eigenvalue weighted by Crippen LogP contribution is -1.85. The number of phenols is 2. The standard InChI is InChI=1S/C14H14O2S/c1-2-10-8-9-12(15)14(13(10)16)17-11-6-4-3-5-7-11/h3-9,15-16H,2H2,1H3. The number of benzene rings is 2. The second-order valence-electron chi connectivity index (χ2n) is 3.69. The van der Waals surface area contributed by atoms with Crippen LogP contribution in [-0.2, 0) is 6.42 Å². The van der Waals surface area contributed by atoms with E-state index in [0.29, 0.717) is 4.90 Å². The van der Waals surface area contributed by atoms with Gasteiger partial charge in [0.2, 0.25) is 0 Å². The molecule has 2 aromatic rings. The Kier molecular flexibility index (Phi) is 3.59. The van der Waals surface area contributed by atoms with Crippen molar-refractivity contribution < 1.29 is 10.2 Å². The Hall–Kier alpha value is -1.61. The molecule has 0 heterocycles. The zero-order valence-electron chi connectivity index (χ0n) is 9.55. The zero-order chi connectivity index (χ0) is 12.3. The van der Waals surface area contributed by atoms with E-state index >= 15 is 0 Å². The highest BCUT2D eigenvalue weighted by Gasteiger charge is 2.12. The minimum atomic E-state index is 0.119. The number of rotatable bonds is 3. The van der Waals surface area contributed by atoms with Crippen LogP contribution in [0.25, 0.3) is 0 Å². The van der Waals surface area contributed by atoms with Gasteiger partial charge in [-0.05, 0) is 30.2 Å². The van der Waals surface area contributed by atoms with Crippen molar-refractivity contribution in [1.82, 2.24) is 0 Å². The van der Waals surface area contributed by atoms with Gasteiger partial charge in [0.05, 0.1) is 4.90 Å². The third-order valence-corrected chi connectivity index (χ3v) is 3.65. The van der Waals surface area contributed by atoms with E-state index < -0.39 is 0 Å². The Labute approximate surface area is 105 Å². The van der Waals surface area contributed by atoms with E-state index in [4.69, 9.17) is 0 Å². The molecule has 2 aromatic carbocycles. The lowest BCUT2D eigenvalue weighted by atomic mass is 10.1. The topological polar surface area (TPSA) is 40.5 Å². The van der Waals surface area contributed by atoms with E-state index in [9.17, 15) is 10.2 Å². The molecule has 0 aliphatic rings. The van der Waals surface area contributed by atoms with E-state index in [1.165, 1.54) is 11.8 Å². The quantitative estimate of drug-likeness (QED) is 0.865. The molecule has 2 N–H and O–H groups in total. The summed E-state index contributed by atoms with van der Waals surface area (Å²) in [6, 6.07) is 13.1. The second kappa shape index (κ2) is 5.15. The molecule has 0 radical (unpaired) electrons. The first-order chi connectivity index (χ1) is 8.22. The summed E-state index contributed by atoms with van der Waals surface area (Å²) in [5, 5.41) is 19.8. The van der Waals surface area contributed by atoms with Crippen LogP contribution in [0.15, 0.2) is 52.3 Å². The molecule has 88 valence electrons. The minimum Gasteiger partial charge on any atom is -0.507 e. The van der Waals surface area contributed by atoms with E-state index in [-0.39, 0.29) is 11.5 Å². The van der Waals surface area contributed by atoms with Crippen LogP contribution in [0.1, 0.15) is 12.5 Å². The Bertz CT molecular complexity index is 509. The summed E-state index contributed by atoms with van der Waals surface area (Å²) < 4.78 is 0. The van der Waals surface area contributed by atoms with Crippen LogP contribution in [0, 0.1) is 0 Å². The first-order valence-corrected chi connectivity index (χ1v) is 6.30. The molecule has 0 aliphatic heterocycles. The molecule has 0 saturated carbocycles. The summed E-state index contributed by atoms with van der Waals surface area (Å²) in [7, 11) is 0. The maximum absolute atomic E-state index is 10.1. The van der Waals surface area contributed by atoms with Crippen LogP contribution in [0.5, 0.6) is 11.5 Å². The maximum atomic E-state index is 10.1. The van der Waals surface area contributed by atoms with Gasteiger partial charge in [0.1, 0.15) is 11.5 Å². The average Bonchev–Trinajstić information content (AvgIpc) is 2.36. The van der Waals surface area contributed by atoms with Gasteiger partial charge in [-0.3, -0.25) is 0 Å². The smallest absolute Gasteiger partial charge is 0.136 e. The van der Waals surface area contributed by atoms with Crippen molar-refractivity contribution in [2.24, 2.45) is 0 Å². The molecule has 2 rings (SSSR count). The van der Waals surface area contributed by atoms with Crippen molar-refractivity contribution in [2.45, 2.75) is 23.1 Å². The fourth-order valence-electron chi connectivity index (χ4n) is 1.59. The maximum Gasteiger partial charge on any atom is 0.136 e. The average molecular weight is 246 g/mol. The Morgan fingerprint density at radius 1 is 1.00 bits per heavy atom. The number of phenolic OH excluding ortho intramolecular Hbond substituents is 2. The number of hydrogen-bond donors (Lipinski definition) is 2. The SMILES string of the molecule is CCc1ccc(O)c(Sc2ccccc2)c1O. The fraction of sp³-hybridized carbons (Fsp3) is 0.143. The molecule has 0 spiro atoms. The van der Waals surface area contributed by atoms with Crippen molar-refractivity contribution in [2.75, 3.05) is 0 Å². The molecule has 0 aromatic heterocycles. The van der Waals surface area contributed by atoms with Gasteiger partial charge in [0.15, 0.2) is 0 Å². The van der Waals surface area contributed by atoms with E-state index in [1.54, 1.807) is 12.1 Å². The summed E-state index contributed by atoms with van der Waals surface area (Å²) in [5.74, 6) is 0.301. The van der Waals surface area contributed by atoms with Gasteiger partial charge in [-0.2, -0.15) is 0 Å². The summed E-state index contributed by atoms with van der Waals surface area (Å²) in [6.45, 7) is 1.98. The van der Waals surface area contributed by atoms with Crippen molar-refractivity contribution >= 4 is 11.8 Å². The molecular weight excluding hydrogens is 232 g/mol. The molecule has 0 saturated heterocycles. The zero-order valence-corrected chi connectivity index (χ0v) is 10.4. The summed E-state index contributed by atoms with van der Waals surface area (Å²) >= 11 is 1.37. The van der Waals surface area contributed by atoms with E-state index in [2.05, 4.69) is 0 Å². The van der Waals surface area contributed by atoms with Gasteiger partial charge in [-0.15, -0.1) is 0 Å². The van der Waals surface area contributed by atoms with E-state index in [1.807, 2.05) is 37.3 Å². The third-order valence-electron chi connectivity index (χ3n) is 2.54. The van der Waals surface area contributed by atoms with Crippen molar-refractivity contribution in [1.29, 1.82) is 0 Å². The fourth-order valence-corrected chi connectivity index (χ4v) is 2.52. The Morgan fingerprint density at radius 3 is 2.35 bits per heavy atom. The van der Waals surface area contributed by atoms with Crippen molar-refractivity contribution in [3.8, 4) is 11.5 Å². The van der Waals surface area contributed by atoms with Gasteiger partial charge in [-0.1, -0.05) is 43.0 Å². The number of hydrogen-bond acceptors (Lipinski definition) is 3. The number of aryl methyl sites for hydroxylation is 1. The van der Waals surface area contributed by atoms with Crippen molar-refractivity contribution in [3.05, 3.63) is 48.0 Å². The predicted octanol–water partition coefficient (Wildman–Crippen LogP) is 3.81. The van der Waals surface area contributed by atoms with Crippen LogP contribution in [0.2, 0.25) is 0 Å². The van der Waals surface area contributed by atoms with Crippen LogP contribution in [0.4, 0.5) is 0 Å². The first-order valence-electron chi connectivity index (χ1n) is 5.49. The van der Waals surface area contributed by atoms with Gasteiger partial charge >= 0.3 is 0 Å². The van der Waals surface area contributed by atoms with Crippen LogP contribution >= 0.6 is 11.8 Å². The lowest BCUT2D eigenvalue weighted by molar-refractivity contribution is 0.424. The molecule has 17 heavy (non-hydrogen) atoms. The van der Waals surface area contributed by atoms with Gasteiger partial charge in [0.25, 0.3) is 0 Å². The molecule has 0 amide bonds. The summed E-state index contributed by atoms with van der Waals surface area (Å²) in [5.41, 5.74) is 0.848. The Morgan fingerprint density at radius 2 is 1.71 bits per heavy atom. The molecular formula is C14H14O2S. The molecule has 0 bridgehead atoms. The largest absolute Gasteiger partial charge is 0.507 e. The highest BCUT2D eigenvalue weighted by atomic mass is 32.2. The van der Waals surface area contributed by atoms with Gasteiger partial charge in [-0.25, -0.2) is 0 Å². The van der Waals surface area contributed by atoms with Crippen LogP contribution in [0.3, 0.4) is 0 Å². The summed E-state index contributed by atoms with van der Waals surface area (Å²) in [6.07, 6.45) is 0.745. The monoisotopic (exact) mass is 246 g/mol. The van der Waals surface area contributed by atoms with E-state index in [0.717, 1.165) is 16.9 Å². The molecule has 0 atom stereocenters. The third kappa shape index (κ3) is 2.56. The van der Waals surface area contributed by atoms with Crippen LogP contribution in [-0.4, -0.2) is 10.2 Å². The molecule has 3 heteroatoms. The molecule has 2 nitrogen and oxygen atoms in total. The minimum absolute atomic E-state index is 0.119. The predicted molar refractivity (Wildman–Crippen MR) is 69.7 cm³/mol.